The fourth-order valence-electron chi connectivity index (χ4n) is 18.7. The number of rotatable bonds is 26. The highest BCUT2D eigenvalue weighted by atomic mass is 127. The van der Waals surface area contributed by atoms with E-state index in [9.17, 15) is 8.23 Å². The lowest BCUT2D eigenvalue weighted by Gasteiger charge is -2.53. The van der Waals surface area contributed by atoms with Crippen LogP contribution in [0.25, 0.3) is 21.5 Å². The van der Waals surface area contributed by atoms with Crippen LogP contribution >= 0.6 is 0 Å². The number of benzene rings is 4. The fourth-order valence-corrected chi connectivity index (χ4v) is 39.9. The van der Waals surface area contributed by atoms with Gasteiger partial charge in [-0.3, -0.25) is 8.47 Å². The van der Waals surface area contributed by atoms with Crippen molar-refractivity contribution >= 4 is 82.0 Å². The van der Waals surface area contributed by atoms with Crippen LogP contribution in [0.2, 0.25) is 33.2 Å². The van der Waals surface area contributed by atoms with Gasteiger partial charge < -0.3 is 238 Å². The lowest BCUT2D eigenvalue weighted by Crippen LogP contribution is -3.00. The molecule has 0 spiro atoms. The van der Waals surface area contributed by atoms with Crippen LogP contribution in [0.3, 0.4) is 0 Å². The Morgan fingerprint density at radius 1 is 0.244 bits per heavy atom. The molecule has 706 valence electrons. The monoisotopic (exact) mass is 2770 g/mol. The minimum Gasteiger partial charge on any atom is -1.00 e. The molecule has 0 unspecified atom stereocenters. The second-order valence-corrected chi connectivity index (χ2v) is 49.1. The van der Waals surface area contributed by atoms with E-state index in [0.29, 0.717) is 158 Å². The Bertz CT molecular complexity index is 6660. The normalized spacial score (nSPS) is 12.9. The summed E-state index contributed by atoms with van der Waals surface area (Å²) in [5.74, 6) is 8.91. The topological polar surface area (TPSA) is 207 Å². The molecule has 0 N–H and O–H groups in total. The maximum atomic E-state index is 9.58. The van der Waals surface area contributed by atoms with E-state index in [0.717, 1.165) is 0 Å². The zero-order chi connectivity index (χ0) is 88.8. The van der Waals surface area contributed by atoms with Crippen molar-refractivity contribution in [2.45, 2.75) is 116 Å². The molecule has 0 amide bonds. The number of ether oxygens (including phenoxy) is 8. The number of aromatic nitrogens is 10. The Morgan fingerprint density at radius 2 is 0.430 bits per heavy atom. The number of hydrogen-bond acceptors (Lipinski definition) is 16. The van der Waals surface area contributed by atoms with Gasteiger partial charge in [-0.25, -0.2) is 66.5 Å². The standard InChI is InChI=1S/C98H106N16O10Si3.8HI/c1-61(2)125(62(3)4,63(5)6)123-127(124-126(64(7)8,65(9)10)66(11)12)113-95-79-49-87(119-71-33-25-41-109(17)57-71)88(120-72-34-26-42-110(18)58-72)50-80(79)97(113)103-93-77-47-85(117-69-31-23-39-107(15)55-69)86(118-70-32-24-40-108(16)56-70)48-78(77)94(100-93)104-98-82-52-90(122-74-36-28-44-112(20)60-74)89(121-73-35-27-43-111(19)59-73)51-81(82)96(114(98)127)102-92-76-46-84(116-68-30-22-38-106(14)54-68)83(45-75(76)91(99-92)101-95)115-67-29-21-37-105(13)53-67;;;;;;;;/h21-66H,1-20H3;8*1H/q+8;;;;;;;;/p-8. The van der Waals surface area contributed by atoms with Crippen LogP contribution in [0, 0.1) is 0 Å². The maximum Gasteiger partial charge on any atom is 0.582 e. The molecule has 4 aromatic carbocycles. The predicted octanol–water partition coefficient (Wildman–Crippen LogP) is -7.28. The first kappa shape index (κ1) is 109. The first-order valence-corrected chi connectivity index (χ1v) is 49.0. The average molecular weight is 2770 g/mol. The molecule has 14 aromatic rings. The third kappa shape index (κ3) is 21.6. The van der Waals surface area contributed by atoms with E-state index in [1.807, 2.05) is 338 Å². The Balaban J connectivity index is 0.00000236. The van der Waals surface area contributed by atoms with Gasteiger partial charge in [-0.15, -0.1) is 0 Å². The number of amidine groups is 4. The van der Waals surface area contributed by atoms with Gasteiger partial charge in [0.2, 0.25) is 49.6 Å². The lowest BCUT2D eigenvalue weighted by molar-refractivity contribution is -0.671. The highest BCUT2D eigenvalue weighted by Gasteiger charge is 2.65. The first-order valence-electron chi connectivity index (χ1n) is 43.0. The summed E-state index contributed by atoms with van der Waals surface area (Å²) in [6.07, 6.45) is 31.1. The zero-order valence-electron chi connectivity index (χ0n) is 78.3. The average Bonchev–Trinajstić information content (AvgIpc) is 1.48. The predicted molar refractivity (Wildman–Crippen MR) is 487 cm³/mol. The van der Waals surface area contributed by atoms with E-state index in [4.69, 9.17) is 67.8 Å². The van der Waals surface area contributed by atoms with Crippen molar-refractivity contribution in [3.63, 3.8) is 0 Å². The van der Waals surface area contributed by atoms with Gasteiger partial charge >= 0.3 is 8.88 Å². The molecule has 18 rings (SSSR count). The van der Waals surface area contributed by atoms with Gasteiger partial charge in [-0.05, 0) is 130 Å². The number of nitrogens with zero attached hydrogens (tertiary/aromatic N) is 16. The summed E-state index contributed by atoms with van der Waals surface area (Å²) in [6, 6.07) is 46.8. The Hall–Kier alpha value is -7.75. The maximum absolute atomic E-state index is 9.58. The van der Waals surface area contributed by atoms with Gasteiger partial charge in [0.15, 0.2) is 182 Å². The number of hydrogen-bond donors (Lipinski definition) is 0. The molecule has 4 aliphatic rings. The van der Waals surface area contributed by atoms with Crippen LogP contribution in [0.15, 0.2) is 275 Å². The summed E-state index contributed by atoms with van der Waals surface area (Å²) in [6.45, 7) is 27.8. The lowest BCUT2D eigenvalue weighted by atomic mass is 10.1. The molecule has 135 heavy (non-hydrogen) atoms. The van der Waals surface area contributed by atoms with Crippen molar-refractivity contribution < 1.29 is 274 Å². The third-order valence-electron chi connectivity index (χ3n) is 24.1. The summed E-state index contributed by atoms with van der Waals surface area (Å²) >= 11 is 0. The van der Waals surface area contributed by atoms with Crippen molar-refractivity contribution in [3.05, 3.63) is 278 Å². The first-order chi connectivity index (χ1) is 61.0. The van der Waals surface area contributed by atoms with Gasteiger partial charge in [-0.2, -0.15) is 0 Å². The second kappa shape index (κ2) is 44.8. The molecule has 6 bridgehead atoms. The number of pyridine rings is 8. The fraction of sp³-hybridized carbons (Fsp3) is 0.265. The molecule has 37 heteroatoms. The summed E-state index contributed by atoms with van der Waals surface area (Å²) in [5.41, 5.74) is 2.34. The Kier molecular flexibility index (Phi) is 36.3. The van der Waals surface area contributed by atoms with E-state index < -0.39 is 25.5 Å². The molecule has 0 fully saturated rings. The van der Waals surface area contributed by atoms with Crippen LogP contribution in [0.5, 0.6) is 92.0 Å². The largest absolute Gasteiger partial charge is 1.00 e. The minimum absolute atomic E-state index is 0. The molecule has 0 radical (unpaired) electrons. The van der Waals surface area contributed by atoms with Crippen molar-refractivity contribution in [2.75, 3.05) is 0 Å². The molecular formula is C98H106I8N16O10Si3. The van der Waals surface area contributed by atoms with Gasteiger partial charge in [0, 0.05) is 92.3 Å². The van der Waals surface area contributed by atoms with Crippen LogP contribution in [0.4, 0.5) is 11.6 Å². The van der Waals surface area contributed by atoms with Gasteiger partial charge in [-0.1, -0.05) is 83.1 Å². The summed E-state index contributed by atoms with van der Waals surface area (Å²) in [5, 5.41) is 2.22. The van der Waals surface area contributed by atoms with E-state index >= 15 is 0 Å². The highest BCUT2D eigenvalue weighted by molar-refractivity contribution is 6.92. The molecule has 0 saturated heterocycles. The zero-order valence-corrected chi connectivity index (χ0v) is 98.6. The van der Waals surface area contributed by atoms with E-state index in [1.54, 1.807) is 0 Å². The van der Waals surface area contributed by atoms with Crippen molar-refractivity contribution in [1.82, 2.24) is 8.47 Å². The molecule has 0 saturated carbocycles. The van der Waals surface area contributed by atoms with Crippen LogP contribution < -0.4 is 277 Å². The highest BCUT2D eigenvalue weighted by Crippen LogP contribution is 2.56. The van der Waals surface area contributed by atoms with Crippen molar-refractivity contribution in [3.8, 4) is 92.0 Å². The minimum atomic E-state index is -5.36. The van der Waals surface area contributed by atoms with Crippen LogP contribution in [-0.2, 0) is 64.6 Å². The van der Waals surface area contributed by atoms with E-state index in [-0.39, 0.29) is 248 Å². The van der Waals surface area contributed by atoms with Crippen molar-refractivity contribution in [1.29, 1.82) is 0 Å². The van der Waals surface area contributed by atoms with Crippen molar-refractivity contribution in [2.24, 2.45) is 86.3 Å². The van der Waals surface area contributed by atoms with Crippen LogP contribution in [-0.4, -0.2) is 57.3 Å². The SMILES string of the molecule is CC(C)[Si](O[Si]1(O[Si](C(C)C)(C(C)C)C(C)C)n2c3c4cc(Oc5ccc[n+](C)c5)c(Oc5ccc[n+](C)c5)cc4c2N=C2N=C(N=c4c5cc(Oc6ccc[n+](C)c6)c(Oc6ccc[n+](C)c6)cc5c(n41)=NC1=NC(=N3)c3cc(Oc4ccc[n+](C)c4)c(Oc4ccc[n+](C)c4)cc31)c1cc(Oc3ccc[n+](C)c3)c(Oc3ccc[n+](C)c3)cc12)(C(C)C)C(C)C.[I-].[I-].[I-].[I-].[I-].[I-].[I-].[I-]. The van der Waals surface area contributed by atoms with E-state index in [1.165, 1.54) is 0 Å². The molecule has 14 heterocycles. The molecular weight excluding hydrogens is 2660 g/mol. The molecule has 0 aliphatic carbocycles. The van der Waals surface area contributed by atoms with Gasteiger partial charge in [0.05, 0.1) is 0 Å². The number of halogens is 8. The smallest absolute Gasteiger partial charge is 0.582 e. The molecule has 10 aromatic heterocycles. The summed E-state index contributed by atoms with van der Waals surface area (Å²) < 4.78 is 97.3. The number of aliphatic imine (C=N–C) groups is 4. The molecule has 4 aliphatic heterocycles. The molecule has 26 nitrogen and oxygen atoms in total. The number of fused-ring (bicyclic) bond motifs is 14. The summed E-state index contributed by atoms with van der Waals surface area (Å²) in [7, 11) is 3.14. The van der Waals surface area contributed by atoms with E-state index in [2.05, 4.69) is 91.6 Å². The quantitative estimate of drug-likeness (QED) is 0.0285. The Labute approximate surface area is 926 Å². The molecule has 0 atom stereocenters. The number of aryl methyl sites for hydroxylation is 8. The summed E-state index contributed by atoms with van der Waals surface area (Å²) in [4.78, 5) is 36.8. The Morgan fingerprint density at radius 3 is 0.622 bits per heavy atom. The second-order valence-electron chi connectivity index (χ2n) is 35.2. The van der Waals surface area contributed by atoms with Crippen LogP contribution in [0.1, 0.15) is 105 Å². The van der Waals surface area contributed by atoms with Gasteiger partial charge in [0.1, 0.15) is 79.0 Å². The third-order valence-corrected chi connectivity index (χ3v) is 41.9. The van der Waals surface area contributed by atoms with Gasteiger partial charge in [0.25, 0.3) is 0 Å².